The maximum Gasteiger partial charge on any atom is 0.169 e. The van der Waals surface area contributed by atoms with Crippen LogP contribution in [-0.4, -0.2) is 15.6 Å². The Morgan fingerprint density at radius 1 is 1.56 bits per heavy atom. The molecule has 88 valence electrons. The van der Waals surface area contributed by atoms with Crippen molar-refractivity contribution in [1.29, 1.82) is 0 Å². The Balaban J connectivity index is 2.08. The number of nitrogens with zero attached hydrogens (tertiary/aromatic N) is 2. The molecule has 1 aliphatic carbocycles. The Morgan fingerprint density at radius 3 is 3.00 bits per heavy atom. The summed E-state index contributed by atoms with van der Waals surface area (Å²) < 4.78 is 1.87. The van der Waals surface area contributed by atoms with Crippen molar-refractivity contribution < 1.29 is 4.79 Å². The van der Waals surface area contributed by atoms with E-state index in [-0.39, 0.29) is 5.92 Å². The van der Waals surface area contributed by atoms with Crippen molar-refractivity contribution in [2.24, 2.45) is 11.8 Å². The Bertz CT molecular complexity index is 370. The smallest absolute Gasteiger partial charge is 0.169 e. The Hall–Kier alpha value is -1.12. The van der Waals surface area contributed by atoms with Crippen LogP contribution in [0.2, 0.25) is 0 Å². The van der Waals surface area contributed by atoms with Crippen molar-refractivity contribution in [3.63, 3.8) is 0 Å². The molecule has 0 aliphatic heterocycles. The van der Waals surface area contributed by atoms with Gasteiger partial charge >= 0.3 is 0 Å². The highest BCUT2D eigenvalue weighted by atomic mass is 16.1. The lowest BCUT2D eigenvalue weighted by Gasteiger charge is -2.12. The zero-order valence-corrected chi connectivity index (χ0v) is 10.1. The molecular weight excluding hydrogens is 200 g/mol. The van der Waals surface area contributed by atoms with E-state index < -0.39 is 0 Å². The maximum absolute atomic E-state index is 12.2. The molecule has 0 radical (unpaired) electrons. The van der Waals surface area contributed by atoms with Gasteiger partial charge in [-0.15, -0.1) is 0 Å². The second-order valence-electron chi connectivity index (χ2n) is 4.87. The van der Waals surface area contributed by atoms with Crippen molar-refractivity contribution in [2.75, 3.05) is 0 Å². The lowest BCUT2D eigenvalue weighted by molar-refractivity contribution is 0.0897. The van der Waals surface area contributed by atoms with E-state index >= 15 is 0 Å². The van der Waals surface area contributed by atoms with Gasteiger partial charge in [0.05, 0.1) is 11.8 Å². The molecule has 1 aromatic rings. The molecule has 1 fully saturated rings. The van der Waals surface area contributed by atoms with E-state index in [1.54, 1.807) is 6.20 Å². The minimum absolute atomic E-state index is 0.235. The van der Waals surface area contributed by atoms with Crippen molar-refractivity contribution >= 4 is 5.78 Å². The molecule has 1 aromatic heterocycles. The average molecular weight is 220 g/mol. The summed E-state index contributed by atoms with van der Waals surface area (Å²) in [6, 6.07) is 0. The maximum atomic E-state index is 12.2. The Morgan fingerprint density at radius 2 is 2.38 bits per heavy atom. The van der Waals surface area contributed by atoms with E-state index in [4.69, 9.17) is 0 Å². The van der Waals surface area contributed by atoms with Gasteiger partial charge in [-0.05, 0) is 25.2 Å². The molecule has 2 atom stereocenters. The molecule has 3 heteroatoms. The van der Waals surface area contributed by atoms with Crippen LogP contribution in [0.15, 0.2) is 12.4 Å². The highest BCUT2D eigenvalue weighted by molar-refractivity contribution is 5.97. The average Bonchev–Trinajstić information content (AvgIpc) is 2.87. The van der Waals surface area contributed by atoms with Crippen LogP contribution in [0.4, 0.5) is 0 Å². The molecule has 1 saturated carbocycles. The van der Waals surface area contributed by atoms with E-state index in [0.29, 0.717) is 11.7 Å². The summed E-state index contributed by atoms with van der Waals surface area (Å²) >= 11 is 0. The van der Waals surface area contributed by atoms with Gasteiger partial charge in [0, 0.05) is 18.7 Å². The summed E-state index contributed by atoms with van der Waals surface area (Å²) in [5.41, 5.74) is 0.798. The molecule has 2 rings (SSSR count). The van der Waals surface area contributed by atoms with Gasteiger partial charge < -0.3 is 0 Å². The topological polar surface area (TPSA) is 34.9 Å². The first-order valence-corrected chi connectivity index (χ1v) is 6.29. The highest BCUT2D eigenvalue weighted by Crippen LogP contribution is 2.33. The van der Waals surface area contributed by atoms with Gasteiger partial charge in [0.15, 0.2) is 5.78 Å². The van der Waals surface area contributed by atoms with E-state index in [1.165, 1.54) is 12.8 Å². The fourth-order valence-electron chi connectivity index (χ4n) is 2.59. The molecule has 16 heavy (non-hydrogen) atoms. The standard InChI is InChI=1S/C13H20N2O/c1-3-7-15-9-11(8-14-15)13(16)12-6-4-5-10(12)2/h8-10,12H,3-7H2,1-2H3. The molecule has 0 saturated heterocycles. The molecule has 1 heterocycles. The fourth-order valence-corrected chi connectivity index (χ4v) is 2.59. The van der Waals surface area contributed by atoms with Crippen LogP contribution in [0.1, 0.15) is 49.9 Å². The number of carbonyl (C=O) groups is 1. The van der Waals surface area contributed by atoms with Crippen LogP contribution in [0.25, 0.3) is 0 Å². The molecule has 0 bridgehead atoms. The van der Waals surface area contributed by atoms with Crippen LogP contribution < -0.4 is 0 Å². The van der Waals surface area contributed by atoms with Crippen LogP contribution in [0.3, 0.4) is 0 Å². The number of hydrogen-bond acceptors (Lipinski definition) is 2. The number of aromatic nitrogens is 2. The third kappa shape index (κ3) is 2.18. The van der Waals surface area contributed by atoms with Gasteiger partial charge in [0.1, 0.15) is 0 Å². The van der Waals surface area contributed by atoms with Crippen LogP contribution >= 0.6 is 0 Å². The molecular formula is C13H20N2O. The van der Waals surface area contributed by atoms with Gasteiger partial charge in [-0.3, -0.25) is 9.48 Å². The van der Waals surface area contributed by atoms with E-state index in [9.17, 15) is 4.79 Å². The Labute approximate surface area is 96.8 Å². The largest absolute Gasteiger partial charge is 0.294 e. The number of aryl methyl sites for hydroxylation is 1. The number of hydrogen-bond donors (Lipinski definition) is 0. The number of ketones is 1. The van der Waals surface area contributed by atoms with Crippen molar-refractivity contribution in [3.8, 4) is 0 Å². The van der Waals surface area contributed by atoms with Gasteiger partial charge in [-0.25, -0.2) is 0 Å². The summed E-state index contributed by atoms with van der Waals surface area (Å²) in [6.45, 7) is 5.20. The van der Waals surface area contributed by atoms with Gasteiger partial charge in [0.25, 0.3) is 0 Å². The summed E-state index contributed by atoms with van der Waals surface area (Å²) in [7, 11) is 0. The first kappa shape index (κ1) is 11.4. The van der Waals surface area contributed by atoms with Crippen molar-refractivity contribution in [3.05, 3.63) is 18.0 Å². The van der Waals surface area contributed by atoms with Crippen LogP contribution in [0, 0.1) is 11.8 Å². The predicted octanol–water partition coefficient (Wildman–Crippen LogP) is 2.91. The quantitative estimate of drug-likeness (QED) is 0.731. The van der Waals surface area contributed by atoms with E-state index in [1.807, 2.05) is 10.9 Å². The molecule has 0 N–H and O–H groups in total. The lowest BCUT2D eigenvalue weighted by Crippen LogP contribution is -2.16. The van der Waals surface area contributed by atoms with Crippen LogP contribution in [-0.2, 0) is 6.54 Å². The summed E-state index contributed by atoms with van der Waals surface area (Å²) in [5, 5.41) is 4.22. The lowest BCUT2D eigenvalue weighted by atomic mass is 9.91. The minimum Gasteiger partial charge on any atom is -0.294 e. The van der Waals surface area contributed by atoms with Gasteiger partial charge in [-0.2, -0.15) is 5.10 Å². The third-order valence-electron chi connectivity index (χ3n) is 3.57. The van der Waals surface area contributed by atoms with Crippen molar-refractivity contribution in [2.45, 2.75) is 46.1 Å². The third-order valence-corrected chi connectivity index (χ3v) is 3.57. The second kappa shape index (κ2) is 4.81. The first-order valence-electron chi connectivity index (χ1n) is 6.29. The predicted molar refractivity (Wildman–Crippen MR) is 63.4 cm³/mol. The highest BCUT2D eigenvalue weighted by Gasteiger charge is 2.30. The first-order chi connectivity index (χ1) is 7.72. The molecule has 2 unspecified atom stereocenters. The normalized spacial score (nSPS) is 24.9. The van der Waals surface area contributed by atoms with Gasteiger partial charge in [-0.1, -0.05) is 20.3 Å². The summed E-state index contributed by atoms with van der Waals surface area (Å²) in [6.07, 6.45) is 8.12. The van der Waals surface area contributed by atoms with E-state index in [2.05, 4.69) is 18.9 Å². The SMILES string of the molecule is CCCn1cc(C(=O)C2CCCC2C)cn1. The summed E-state index contributed by atoms with van der Waals surface area (Å²) in [5.74, 6) is 1.08. The molecule has 1 aliphatic rings. The second-order valence-corrected chi connectivity index (χ2v) is 4.87. The zero-order valence-electron chi connectivity index (χ0n) is 10.1. The van der Waals surface area contributed by atoms with Crippen molar-refractivity contribution in [1.82, 2.24) is 9.78 Å². The number of rotatable bonds is 4. The Kier molecular flexibility index (Phi) is 3.42. The molecule has 0 aromatic carbocycles. The fraction of sp³-hybridized carbons (Fsp3) is 0.692. The molecule has 0 amide bonds. The monoisotopic (exact) mass is 220 g/mol. The zero-order chi connectivity index (χ0) is 11.5. The molecule has 0 spiro atoms. The summed E-state index contributed by atoms with van der Waals surface area (Å²) in [4.78, 5) is 12.2. The van der Waals surface area contributed by atoms with Crippen LogP contribution in [0.5, 0.6) is 0 Å². The van der Waals surface area contributed by atoms with E-state index in [0.717, 1.165) is 24.9 Å². The number of carbonyl (C=O) groups excluding carboxylic acids is 1. The molecule has 3 nitrogen and oxygen atoms in total. The number of Topliss-reactive ketones (excluding diaryl/α,β-unsaturated/α-hetero) is 1. The van der Waals surface area contributed by atoms with Gasteiger partial charge in [0.2, 0.25) is 0 Å². The minimum atomic E-state index is 0.235.